The average molecular weight is 389 g/mol. The largest absolute Gasteiger partial charge is 0.465 e. The van der Waals surface area contributed by atoms with E-state index in [0.29, 0.717) is 19.7 Å². The lowest BCUT2D eigenvalue weighted by Gasteiger charge is -2.34. The molecule has 2 rings (SSSR count). The molecule has 1 saturated heterocycles. The van der Waals surface area contributed by atoms with Crippen LogP contribution < -0.4 is 10.6 Å². The van der Waals surface area contributed by atoms with Crippen LogP contribution in [0.5, 0.6) is 0 Å². The Morgan fingerprint density at radius 3 is 2.50 bits per heavy atom. The number of nitrogens with zero attached hydrogens (tertiary/aromatic N) is 1. The Morgan fingerprint density at radius 1 is 1.25 bits per heavy atom. The van der Waals surface area contributed by atoms with Crippen molar-refractivity contribution in [2.24, 2.45) is 5.92 Å². The van der Waals surface area contributed by atoms with Gasteiger partial charge in [-0.05, 0) is 37.8 Å². The second kappa shape index (κ2) is 9.68. The van der Waals surface area contributed by atoms with Gasteiger partial charge in [-0.2, -0.15) is 0 Å². The molecule has 1 heterocycles. The predicted octanol–water partition coefficient (Wildman–Crippen LogP) is 1.94. The lowest BCUT2D eigenvalue weighted by molar-refractivity contribution is -0.149. The van der Waals surface area contributed by atoms with E-state index in [4.69, 9.17) is 4.74 Å². The Bertz CT molecular complexity index is 722. The van der Waals surface area contributed by atoms with Crippen LogP contribution in [-0.4, -0.2) is 55.0 Å². The minimum absolute atomic E-state index is 0.0440. The van der Waals surface area contributed by atoms with Crippen molar-refractivity contribution in [1.29, 1.82) is 0 Å². The molecule has 7 heteroatoms. The number of aryl methyl sites for hydroxylation is 3. The normalized spacial score (nSPS) is 17.4. The van der Waals surface area contributed by atoms with Gasteiger partial charge in [-0.3, -0.25) is 19.3 Å². The van der Waals surface area contributed by atoms with Crippen molar-refractivity contribution in [3.05, 3.63) is 28.8 Å². The van der Waals surface area contributed by atoms with Crippen LogP contribution in [0.15, 0.2) is 12.1 Å². The molecule has 1 aromatic rings. The number of benzene rings is 1. The second-order valence-electron chi connectivity index (χ2n) is 7.88. The van der Waals surface area contributed by atoms with E-state index in [2.05, 4.69) is 10.6 Å². The highest BCUT2D eigenvalue weighted by Gasteiger charge is 2.33. The molecule has 0 bridgehead atoms. The monoisotopic (exact) mass is 389 g/mol. The van der Waals surface area contributed by atoms with Crippen LogP contribution in [0, 0.1) is 26.7 Å². The molecule has 1 aromatic carbocycles. The summed E-state index contributed by atoms with van der Waals surface area (Å²) in [5.74, 6) is -0.646. The predicted molar refractivity (Wildman–Crippen MR) is 108 cm³/mol. The Labute approximate surface area is 166 Å². The van der Waals surface area contributed by atoms with Gasteiger partial charge in [-0.25, -0.2) is 0 Å². The fraction of sp³-hybridized carbons (Fsp3) is 0.571. The molecule has 0 spiro atoms. The Kier molecular flexibility index (Phi) is 7.57. The van der Waals surface area contributed by atoms with Crippen molar-refractivity contribution in [1.82, 2.24) is 10.2 Å². The minimum Gasteiger partial charge on any atom is -0.465 e. The highest BCUT2D eigenvalue weighted by atomic mass is 16.5. The zero-order valence-corrected chi connectivity index (χ0v) is 17.4. The van der Waals surface area contributed by atoms with Crippen LogP contribution in [0.3, 0.4) is 0 Å². The number of carbonyl (C=O) groups excluding carboxylic acids is 3. The summed E-state index contributed by atoms with van der Waals surface area (Å²) in [7, 11) is 0. The highest BCUT2D eigenvalue weighted by molar-refractivity contribution is 5.95. The molecular weight excluding hydrogens is 358 g/mol. The van der Waals surface area contributed by atoms with E-state index in [1.165, 1.54) is 0 Å². The third-order valence-corrected chi connectivity index (χ3v) is 4.67. The number of piperazine rings is 1. The third kappa shape index (κ3) is 6.05. The zero-order chi connectivity index (χ0) is 20.8. The number of esters is 1. The number of amides is 2. The first kappa shape index (κ1) is 21.9. The zero-order valence-electron chi connectivity index (χ0n) is 17.4. The molecule has 2 amide bonds. The van der Waals surface area contributed by atoms with Crippen LogP contribution in [0.25, 0.3) is 0 Å². The van der Waals surface area contributed by atoms with Crippen LogP contribution in [0.2, 0.25) is 0 Å². The van der Waals surface area contributed by atoms with Gasteiger partial charge in [-0.1, -0.05) is 31.5 Å². The van der Waals surface area contributed by atoms with Gasteiger partial charge in [0.1, 0.15) is 6.04 Å². The minimum atomic E-state index is -0.695. The summed E-state index contributed by atoms with van der Waals surface area (Å²) in [4.78, 5) is 38.7. The summed E-state index contributed by atoms with van der Waals surface area (Å²) in [5.41, 5.74) is 3.93. The maximum atomic E-state index is 12.6. The van der Waals surface area contributed by atoms with E-state index in [1.807, 2.05) is 46.8 Å². The van der Waals surface area contributed by atoms with Gasteiger partial charge in [0.05, 0.1) is 19.6 Å². The molecule has 1 aliphatic rings. The van der Waals surface area contributed by atoms with Gasteiger partial charge in [0, 0.05) is 18.8 Å². The molecule has 1 unspecified atom stereocenters. The van der Waals surface area contributed by atoms with Gasteiger partial charge in [0.2, 0.25) is 11.8 Å². The number of rotatable bonds is 7. The Balaban J connectivity index is 2.02. The molecule has 28 heavy (non-hydrogen) atoms. The number of ether oxygens (including phenoxy) is 1. The molecule has 154 valence electrons. The molecule has 2 N–H and O–H groups in total. The van der Waals surface area contributed by atoms with Crippen molar-refractivity contribution >= 4 is 23.5 Å². The van der Waals surface area contributed by atoms with Crippen molar-refractivity contribution < 1.29 is 19.1 Å². The van der Waals surface area contributed by atoms with E-state index in [9.17, 15) is 14.4 Å². The van der Waals surface area contributed by atoms with Crippen molar-refractivity contribution in [2.45, 2.75) is 47.1 Å². The summed E-state index contributed by atoms with van der Waals surface area (Å²) in [6.45, 7) is 11.1. The fourth-order valence-electron chi connectivity index (χ4n) is 3.39. The van der Waals surface area contributed by atoms with E-state index >= 15 is 0 Å². The SMILES string of the molecule is Cc1cc(C)c(NC(=O)CN2CCNC(=O)C2CC(=O)OCC(C)C)c(C)c1. The van der Waals surface area contributed by atoms with Gasteiger partial charge in [0.25, 0.3) is 0 Å². The van der Waals surface area contributed by atoms with E-state index in [0.717, 1.165) is 22.4 Å². The van der Waals surface area contributed by atoms with Gasteiger partial charge >= 0.3 is 5.97 Å². The first-order valence-corrected chi connectivity index (χ1v) is 9.72. The first-order valence-electron chi connectivity index (χ1n) is 9.72. The highest BCUT2D eigenvalue weighted by Crippen LogP contribution is 2.22. The van der Waals surface area contributed by atoms with Gasteiger partial charge in [0.15, 0.2) is 0 Å². The molecule has 0 aromatic heterocycles. The quantitative estimate of drug-likeness (QED) is 0.696. The lowest BCUT2D eigenvalue weighted by Crippen LogP contribution is -2.57. The maximum absolute atomic E-state index is 12.6. The maximum Gasteiger partial charge on any atom is 0.307 e. The lowest BCUT2D eigenvalue weighted by atomic mass is 10.0. The standard InChI is InChI=1S/C21H31N3O4/c1-13(2)12-28-19(26)10-17-21(27)22-6-7-24(17)11-18(25)23-20-15(4)8-14(3)9-16(20)5/h8-9,13,17H,6-7,10-12H2,1-5H3,(H,22,27)(H,23,25). The van der Waals surface area contributed by atoms with Crippen molar-refractivity contribution in [2.75, 3.05) is 31.6 Å². The number of nitrogens with one attached hydrogen (secondary N) is 2. The van der Waals surface area contributed by atoms with Crippen LogP contribution in [0.4, 0.5) is 5.69 Å². The fourth-order valence-corrected chi connectivity index (χ4v) is 3.39. The molecule has 1 aliphatic heterocycles. The molecule has 1 fully saturated rings. The molecule has 0 saturated carbocycles. The van der Waals surface area contributed by atoms with Crippen LogP contribution >= 0.6 is 0 Å². The van der Waals surface area contributed by atoms with E-state index in [-0.39, 0.29) is 30.7 Å². The molecule has 7 nitrogen and oxygen atoms in total. The second-order valence-corrected chi connectivity index (χ2v) is 7.88. The average Bonchev–Trinajstić information content (AvgIpc) is 2.59. The summed E-state index contributed by atoms with van der Waals surface area (Å²) in [6, 6.07) is 3.34. The van der Waals surface area contributed by atoms with Gasteiger partial charge in [-0.15, -0.1) is 0 Å². The summed E-state index contributed by atoms with van der Waals surface area (Å²) < 4.78 is 5.20. The van der Waals surface area contributed by atoms with Crippen molar-refractivity contribution in [3.8, 4) is 0 Å². The Hall–Kier alpha value is -2.41. The third-order valence-electron chi connectivity index (χ3n) is 4.67. The number of anilines is 1. The van der Waals surface area contributed by atoms with Gasteiger partial charge < -0.3 is 15.4 Å². The first-order chi connectivity index (χ1) is 13.2. The smallest absolute Gasteiger partial charge is 0.307 e. The van der Waals surface area contributed by atoms with E-state index in [1.54, 1.807) is 4.90 Å². The molecule has 0 radical (unpaired) electrons. The molecule has 1 atom stereocenters. The molecular formula is C21H31N3O4. The number of carbonyl (C=O) groups is 3. The number of hydrogen-bond donors (Lipinski definition) is 2. The molecule has 0 aliphatic carbocycles. The van der Waals surface area contributed by atoms with Crippen molar-refractivity contribution in [3.63, 3.8) is 0 Å². The summed E-state index contributed by atoms with van der Waals surface area (Å²) >= 11 is 0. The van der Waals surface area contributed by atoms with Crippen LogP contribution in [-0.2, 0) is 19.1 Å². The Morgan fingerprint density at radius 2 is 1.89 bits per heavy atom. The van der Waals surface area contributed by atoms with E-state index < -0.39 is 12.0 Å². The number of hydrogen-bond acceptors (Lipinski definition) is 5. The topological polar surface area (TPSA) is 87.7 Å². The summed E-state index contributed by atoms with van der Waals surface area (Å²) in [6.07, 6.45) is -0.0611. The van der Waals surface area contributed by atoms with Crippen LogP contribution in [0.1, 0.15) is 37.0 Å². The summed E-state index contributed by atoms with van der Waals surface area (Å²) in [5, 5.41) is 5.71.